The molecule has 3 atom stereocenters. The molecule has 0 fully saturated rings. The standard InChI is InChI=1S/C21H24N2O3/c1-4-21(25-5-2)16-11-12-23-13-14(3)22-20(23)18(16)26-17(19(21)24)15-9-7-6-8-10-15/h6-13,17,19,24H,4-5H2,1-3H3/t17-,19?,21?/m1/s1. The molecule has 0 amide bonds. The van der Waals surface area contributed by atoms with Gasteiger partial charge in [0, 0.05) is 24.6 Å². The van der Waals surface area contributed by atoms with Gasteiger partial charge in [-0.3, -0.25) is 0 Å². The summed E-state index contributed by atoms with van der Waals surface area (Å²) in [7, 11) is 0. The number of hydrogen-bond donors (Lipinski definition) is 1. The molecule has 0 saturated heterocycles. The summed E-state index contributed by atoms with van der Waals surface area (Å²) in [6.07, 6.45) is 3.23. The fourth-order valence-corrected chi connectivity index (χ4v) is 4.01. The highest BCUT2D eigenvalue weighted by molar-refractivity contribution is 5.62. The Balaban J connectivity index is 1.96. The zero-order valence-corrected chi connectivity index (χ0v) is 15.3. The van der Waals surface area contributed by atoms with Crippen LogP contribution in [0.5, 0.6) is 5.75 Å². The first-order chi connectivity index (χ1) is 12.6. The molecule has 2 aromatic heterocycles. The minimum atomic E-state index is -0.829. The molecule has 5 heteroatoms. The summed E-state index contributed by atoms with van der Waals surface area (Å²) in [6.45, 7) is 6.46. The molecule has 1 aromatic carbocycles. The van der Waals surface area contributed by atoms with Crippen LogP contribution in [0.4, 0.5) is 0 Å². The molecular weight excluding hydrogens is 328 g/mol. The maximum atomic E-state index is 11.3. The van der Waals surface area contributed by atoms with Gasteiger partial charge in [0.1, 0.15) is 11.7 Å². The summed E-state index contributed by atoms with van der Waals surface area (Å²) in [6, 6.07) is 11.8. The second kappa shape index (κ2) is 6.41. The number of aryl methyl sites for hydroxylation is 1. The molecule has 0 radical (unpaired) electrons. The van der Waals surface area contributed by atoms with Crippen LogP contribution in [0.3, 0.4) is 0 Å². The number of aliphatic hydroxyl groups is 1. The van der Waals surface area contributed by atoms with Crippen LogP contribution in [-0.4, -0.2) is 27.2 Å². The lowest BCUT2D eigenvalue weighted by atomic mass is 9.79. The molecule has 0 spiro atoms. The normalized spacial score (nSPS) is 25.1. The maximum absolute atomic E-state index is 11.3. The number of imidazole rings is 1. The fraction of sp³-hybridized carbons (Fsp3) is 0.381. The minimum Gasteiger partial charge on any atom is -0.479 e. The zero-order chi connectivity index (χ0) is 18.3. The van der Waals surface area contributed by atoms with E-state index in [1.54, 1.807) is 0 Å². The van der Waals surface area contributed by atoms with Gasteiger partial charge in [-0.05, 0) is 31.9 Å². The lowest BCUT2D eigenvalue weighted by Gasteiger charge is -2.45. The first kappa shape index (κ1) is 17.1. The summed E-state index contributed by atoms with van der Waals surface area (Å²) in [5, 5.41) is 11.3. The molecule has 136 valence electrons. The summed E-state index contributed by atoms with van der Waals surface area (Å²) < 4.78 is 14.5. The van der Waals surface area contributed by atoms with E-state index in [0.717, 1.165) is 22.5 Å². The molecule has 1 aliphatic heterocycles. The first-order valence-electron chi connectivity index (χ1n) is 9.13. The molecule has 2 unspecified atom stereocenters. The van der Waals surface area contributed by atoms with Crippen molar-refractivity contribution < 1.29 is 14.6 Å². The quantitative estimate of drug-likeness (QED) is 0.776. The van der Waals surface area contributed by atoms with Gasteiger partial charge in [0.05, 0.1) is 5.69 Å². The number of pyridine rings is 1. The predicted molar refractivity (Wildman–Crippen MR) is 99.3 cm³/mol. The number of nitrogens with zero attached hydrogens (tertiary/aromatic N) is 2. The molecule has 26 heavy (non-hydrogen) atoms. The number of aliphatic hydroxyl groups excluding tert-OH is 1. The minimum absolute atomic E-state index is 0.504. The monoisotopic (exact) mass is 352 g/mol. The molecule has 0 aliphatic carbocycles. The summed E-state index contributed by atoms with van der Waals surface area (Å²) in [5.41, 5.74) is 2.63. The number of ether oxygens (including phenoxy) is 2. The Bertz CT molecular complexity index is 922. The predicted octanol–water partition coefficient (Wildman–Crippen LogP) is 3.78. The van der Waals surface area contributed by atoms with E-state index in [2.05, 4.69) is 4.98 Å². The molecule has 1 N–H and O–H groups in total. The lowest BCUT2D eigenvalue weighted by molar-refractivity contribution is -0.175. The van der Waals surface area contributed by atoms with Crippen LogP contribution in [0, 0.1) is 6.92 Å². The van der Waals surface area contributed by atoms with Crippen molar-refractivity contribution in [2.24, 2.45) is 0 Å². The average molecular weight is 352 g/mol. The largest absolute Gasteiger partial charge is 0.479 e. The fourth-order valence-electron chi connectivity index (χ4n) is 4.01. The van der Waals surface area contributed by atoms with Gasteiger partial charge in [-0.25, -0.2) is 4.98 Å². The van der Waals surface area contributed by atoms with E-state index >= 15 is 0 Å². The van der Waals surface area contributed by atoms with Gasteiger partial charge >= 0.3 is 0 Å². The first-order valence-corrected chi connectivity index (χ1v) is 9.13. The van der Waals surface area contributed by atoms with E-state index in [1.165, 1.54) is 0 Å². The third-order valence-corrected chi connectivity index (χ3v) is 5.22. The Morgan fingerprint density at radius 3 is 2.69 bits per heavy atom. The molecule has 0 saturated carbocycles. The Kier molecular flexibility index (Phi) is 4.21. The van der Waals surface area contributed by atoms with Crippen LogP contribution in [-0.2, 0) is 10.3 Å². The number of benzene rings is 1. The third kappa shape index (κ3) is 2.42. The van der Waals surface area contributed by atoms with Crippen molar-refractivity contribution in [1.82, 2.24) is 9.38 Å². The van der Waals surface area contributed by atoms with Crippen molar-refractivity contribution in [3.8, 4) is 5.75 Å². The molecule has 0 bridgehead atoms. The Morgan fingerprint density at radius 2 is 2.00 bits per heavy atom. The van der Waals surface area contributed by atoms with Crippen molar-refractivity contribution in [3.05, 3.63) is 65.6 Å². The second-order valence-corrected chi connectivity index (χ2v) is 6.74. The molecule has 3 heterocycles. The van der Waals surface area contributed by atoms with E-state index in [-0.39, 0.29) is 0 Å². The van der Waals surface area contributed by atoms with Gasteiger partial charge < -0.3 is 19.0 Å². The number of rotatable bonds is 4. The molecule has 4 rings (SSSR count). The van der Waals surface area contributed by atoms with Gasteiger partial charge in [-0.15, -0.1) is 0 Å². The van der Waals surface area contributed by atoms with Crippen molar-refractivity contribution in [3.63, 3.8) is 0 Å². The van der Waals surface area contributed by atoms with Crippen LogP contribution in [0.1, 0.15) is 43.2 Å². The van der Waals surface area contributed by atoms with Crippen LogP contribution in [0.25, 0.3) is 5.65 Å². The number of fused-ring (bicyclic) bond motifs is 3. The van der Waals surface area contributed by atoms with Gasteiger partial charge in [-0.1, -0.05) is 37.3 Å². The van der Waals surface area contributed by atoms with Gasteiger partial charge in [0.2, 0.25) is 0 Å². The van der Waals surface area contributed by atoms with Crippen molar-refractivity contribution >= 4 is 5.65 Å². The Hall–Kier alpha value is -2.37. The van der Waals surface area contributed by atoms with E-state index in [1.807, 2.05) is 74.0 Å². The smallest absolute Gasteiger partial charge is 0.180 e. The van der Waals surface area contributed by atoms with E-state index < -0.39 is 17.8 Å². The van der Waals surface area contributed by atoms with Crippen molar-refractivity contribution in [1.29, 1.82) is 0 Å². The number of aromatic nitrogens is 2. The van der Waals surface area contributed by atoms with Crippen LogP contribution in [0.15, 0.2) is 48.8 Å². The van der Waals surface area contributed by atoms with Gasteiger partial charge in [0.15, 0.2) is 17.5 Å². The van der Waals surface area contributed by atoms with E-state index in [0.29, 0.717) is 18.8 Å². The average Bonchev–Trinajstić information content (AvgIpc) is 3.05. The molecular formula is C21H24N2O3. The highest BCUT2D eigenvalue weighted by Gasteiger charge is 2.51. The highest BCUT2D eigenvalue weighted by atomic mass is 16.5. The van der Waals surface area contributed by atoms with E-state index in [4.69, 9.17) is 9.47 Å². The second-order valence-electron chi connectivity index (χ2n) is 6.74. The SMILES string of the molecule is CCOC1(CC)c2ccn3cc(C)nc3c2O[C@H](c2ccccc2)C1O. The van der Waals surface area contributed by atoms with Crippen LogP contribution >= 0.6 is 0 Å². The van der Waals surface area contributed by atoms with Crippen LogP contribution in [0.2, 0.25) is 0 Å². The Morgan fingerprint density at radius 1 is 1.23 bits per heavy atom. The lowest BCUT2D eigenvalue weighted by Crippen LogP contribution is -2.50. The maximum Gasteiger partial charge on any atom is 0.180 e. The molecule has 5 nitrogen and oxygen atoms in total. The summed E-state index contributed by atoms with van der Waals surface area (Å²) >= 11 is 0. The van der Waals surface area contributed by atoms with Crippen LogP contribution < -0.4 is 4.74 Å². The topological polar surface area (TPSA) is 56.0 Å². The summed E-state index contributed by atoms with van der Waals surface area (Å²) in [5.74, 6) is 0.690. The molecule has 3 aromatic rings. The number of hydrogen-bond acceptors (Lipinski definition) is 4. The van der Waals surface area contributed by atoms with Gasteiger partial charge in [0.25, 0.3) is 0 Å². The van der Waals surface area contributed by atoms with Crippen molar-refractivity contribution in [2.45, 2.75) is 45.0 Å². The third-order valence-electron chi connectivity index (χ3n) is 5.22. The zero-order valence-electron chi connectivity index (χ0n) is 15.3. The molecule has 1 aliphatic rings. The van der Waals surface area contributed by atoms with Gasteiger partial charge in [-0.2, -0.15) is 0 Å². The van der Waals surface area contributed by atoms with E-state index in [9.17, 15) is 5.11 Å². The highest BCUT2D eigenvalue weighted by Crippen LogP contribution is 2.49. The summed E-state index contributed by atoms with van der Waals surface area (Å²) in [4.78, 5) is 4.64. The Labute approximate surface area is 153 Å². The van der Waals surface area contributed by atoms with Crippen molar-refractivity contribution in [2.75, 3.05) is 6.61 Å².